The Morgan fingerprint density at radius 2 is 2.35 bits per heavy atom. The summed E-state index contributed by atoms with van der Waals surface area (Å²) in [7, 11) is 0. The minimum absolute atomic E-state index is 0.419. The van der Waals surface area contributed by atoms with Crippen LogP contribution < -0.4 is 10.6 Å². The van der Waals surface area contributed by atoms with Crippen LogP contribution in [0.4, 0.5) is 0 Å². The van der Waals surface area contributed by atoms with Gasteiger partial charge in [0.2, 0.25) is 0 Å². The molecule has 2 atom stereocenters. The minimum atomic E-state index is 0.419. The molecule has 2 unspecified atom stereocenters. The van der Waals surface area contributed by atoms with Gasteiger partial charge in [-0.1, -0.05) is 44.4 Å². The van der Waals surface area contributed by atoms with Crippen molar-refractivity contribution in [2.45, 2.75) is 70.9 Å². The van der Waals surface area contributed by atoms with Crippen molar-refractivity contribution in [1.29, 1.82) is 0 Å². The summed E-state index contributed by atoms with van der Waals surface area (Å²) in [4.78, 5) is 4.55. The maximum Gasteiger partial charge on any atom is 0.192 e. The molecule has 1 aliphatic carbocycles. The van der Waals surface area contributed by atoms with Crippen molar-refractivity contribution in [3.8, 4) is 0 Å². The third kappa shape index (κ3) is 7.37. The second-order valence-corrected chi connectivity index (χ2v) is 5.63. The topological polar surface area (TPSA) is 36.4 Å². The molecule has 114 valence electrons. The monoisotopic (exact) mass is 277 g/mol. The highest BCUT2D eigenvalue weighted by molar-refractivity contribution is 5.80. The summed E-state index contributed by atoms with van der Waals surface area (Å²) in [5.74, 6) is 0.922. The van der Waals surface area contributed by atoms with E-state index >= 15 is 0 Å². The van der Waals surface area contributed by atoms with E-state index in [-0.39, 0.29) is 0 Å². The molecule has 2 N–H and O–H groups in total. The fourth-order valence-electron chi connectivity index (χ4n) is 2.40. The Labute approximate surface area is 124 Å². The third-order valence-corrected chi connectivity index (χ3v) is 3.58. The third-order valence-electron chi connectivity index (χ3n) is 3.58. The molecular weight excluding hydrogens is 246 g/mol. The second kappa shape index (κ2) is 10.5. The molecule has 0 heterocycles. The fraction of sp³-hybridized carbons (Fsp3) is 0.706. The van der Waals surface area contributed by atoms with E-state index < -0.39 is 0 Å². The molecule has 0 aromatic heterocycles. The van der Waals surface area contributed by atoms with E-state index in [4.69, 9.17) is 0 Å². The molecule has 20 heavy (non-hydrogen) atoms. The van der Waals surface area contributed by atoms with Crippen molar-refractivity contribution in [3.63, 3.8) is 0 Å². The Morgan fingerprint density at radius 3 is 3.00 bits per heavy atom. The average Bonchev–Trinajstić information content (AvgIpc) is 2.46. The second-order valence-electron chi connectivity index (χ2n) is 5.63. The molecule has 0 fully saturated rings. The lowest BCUT2D eigenvalue weighted by Crippen LogP contribution is -2.46. The van der Waals surface area contributed by atoms with Crippen molar-refractivity contribution in [2.75, 3.05) is 6.54 Å². The summed E-state index contributed by atoms with van der Waals surface area (Å²) in [6, 6.07) is 0.882. The number of hydrogen-bond acceptors (Lipinski definition) is 1. The standard InChI is InChI=1S/C17H31N3/c1-4-6-8-11-15(3)19-17(18-14-5-2)20-16-12-9-7-10-13-16/h5,9,12,15-16H,2,4,6-8,10-11,13-14H2,1,3H3,(H2,18,19,20). The number of aliphatic imine (C=N–C) groups is 1. The van der Waals surface area contributed by atoms with E-state index in [2.05, 4.69) is 48.2 Å². The Bertz CT molecular complexity index is 320. The smallest absolute Gasteiger partial charge is 0.192 e. The van der Waals surface area contributed by atoms with Crippen LogP contribution in [-0.2, 0) is 0 Å². The van der Waals surface area contributed by atoms with Crippen molar-refractivity contribution >= 4 is 5.96 Å². The first-order valence-corrected chi connectivity index (χ1v) is 8.11. The Hall–Kier alpha value is -1.25. The van der Waals surface area contributed by atoms with Gasteiger partial charge in [0.25, 0.3) is 0 Å². The molecule has 0 bridgehead atoms. The number of hydrogen-bond donors (Lipinski definition) is 2. The van der Waals surface area contributed by atoms with Crippen LogP contribution in [-0.4, -0.2) is 24.6 Å². The normalized spacial score (nSPS) is 20.5. The fourth-order valence-corrected chi connectivity index (χ4v) is 2.40. The van der Waals surface area contributed by atoms with E-state index in [9.17, 15) is 0 Å². The van der Waals surface area contributed by atoms with Gasteiger partial charge < -0.3 is 10.6 Å². The number of guanidine groups is 1. The van der Waals surface area contributed by atoms with Crippen LogP contribution in [0.1, 0.15) is 58.8 Å². The van der Waals surface area contributed by atoms with E-state index in [1.165, 1.54) is 44.9 Å². The maximum absolute atomic E-state index is 4.55. The molecule has 1 rings (SSSR count). The predicted molar refractivity (Wildman–Crippen MR) is 89.2 cm³/mol. The summed E-state index contributed by atoms with van der Waals surface area (Å²) in [5.41, 5.74) is 0. The predicted octanol–water partition coefficient (Wildman–Crippen LogP) is 3.79. The van der Waals surface area contributed by atoms with Gasteiger partial charge >= 0.3 is 0 Å². The van der Waals surface area contributed by atoms with Gasteiger partial charge in [0, 0.05) is 12.1 Å². The molecule has 0 saturated heterocycles. The van der Waals surface area contributed by atoms with Gasteiger partial charge in [-0.25, -0.2) is 4.99 Å². The van der Waals surface area contributed by atoms with Gasteiger partial charge in [0.15, 0.2) is 5.96 Å². The van der Waals surface area contributed by atoms with Gasteiger partial charge in [-0.3, -0.25) is 0 Å². The van der Waals surface area contributed by atoms with Crippen LogP contribution in [0.5, 0.6) is 0 Å². The molecule has 0 aromatic carbocycles. The average molecular weight is 277 g/mol. The summed E-state index contributed by atoms with van der Waals surface area (Å²) in [6.45, 7) is 8.88. The largest absolute Gasteiger partial charge is 0.354 e. The van der Waals surface area contributed by atoms with Crippen molar-refractivity contribution in [2.24, 2.45) is 4.99 Å². The quantitative estimate of drug-likeness (QED) is 0.306. The van der Waals surface area contributed by atoms with Gasteiger partial charge in [-0.15, -0.1) is 6.58 Å². The molecule has 0 saturated carbocycles. The van der Waals surface area contributed by atoms with Crippen LogP contribution in [0.25, 0.3) is 0 Å². The minimum Gasteiger partial charge on any atom is -0.354 e. The zero-order chi connectivity index (χ0) is 14.6. The molecule has 0 radical (unpaired) electrons. The van der Waals surface area contributed by atoms with Crippen LogP contribution in [0.3, 0.4) is 0 Å². The molecule has 3 nitrogen and oxygen atoms in total. The van der Waals surface area contributed by atoms with E-state index in [1.807, 2.05) is 6.08 Å². The molecule has 1 aliphatic rings. The Kier molecular flexibility index (Phi) is 8.84. The van der Waals surface area contributed by atoms with Crippen molar-refractivity contribution in [1.82, 2.24) is 10.6 Å². The first-order valence-electron chi connectivity index (χ1n) is 8.11. The number of unbranched alkanes of at least 4 members (excludes halogenated alkanes) is 2. The van der Waals surface area contributed by atoms with Gasteiger partial charge in [0.05, 0.1) is 6.54 Å². The highest BCUT2D eigenvalue weighted by Gasteiger charge is 2.11. The number of nitrogens with one attached hydrogen (secondary N) is 2. The molecular formula is C17H31N3. The summed E-state index contributed by atoms with van der Waals surface area (Å²) in [6.07, 6.45) is 15.1. The highest BCUT2D eigenvalue weighted by atomic mass is 15.2. The van der Waals surface area contributed by atoms with Gasteiger partial charge in [-0.2, -0.15) is 0 Å². The van der Waals surface area contributed by atoms with Gasteiger partial charge in [0.1, 0.15) is 0 Å². The zero-order valence-electron chi connectivity index (χ0n) is 13.2. The van der Waals surface area contributed by atoms with Crippen LogP contribution >= 0.6 is 0 Å². The maximum atomic E-state index is 4.55. The lowest BCUT2D eigenvalue weighted by Gasteiger charge is -2.23. The van der Waals surface area contributed by atoms with Crippen LogP contribution in [0.2, 0.25) is 0 Å². The first kappa shape index (κ1) is 16.8. The van der Waals surface area contributed by atoms with Crippen LogP contribution in [0.15, 0.2) is 29.8 Å². The Balaban J connectivity index is 2.44. The van der Waals surface area contributed by atoms with E-state index in [0.29, 0.717) is 18.6 Å². The Morgan fingerprint density at radius 1 is 1.50 bits per heavy atom. The zero-order valence-corrected chi connectivity index (χ0v) is 13.2. The lowest BCUT2D eigenvalue weighted by molar-refractivity contribution is 0.533. The number of nitrogens with zero attached hydrogens (tertiary/aromatic N) is 1. The van der Waals surface area contributed by atoms with Crippen molar-refractivity contribution in [3.05, 3.63) is 24.8 Å². The van der Waals surface area contributed by atoms with Crippen molar-refractivity contribution < 1.29 is 0 Å². The van der Waals surface area contributed by atoms with Gasteiger partial charge in [-0.05, 0) is 32.6 Å². The summed E-state index contributed by atoms with van der Waals surface area (Å²) in [5, 5.41) is 7.03. The van der Waals surface area contributed by atoms with E-state index in [1.54, 1.807) is 0 Å². The molecule has 3 heteroatoms. The summed E-state index contributed by atoms with van der Waals surface area (Å²) < 4.78 is 0. The first-order chi connectivity index (χ1) is 9.76. The molecule has 0 spiro atoms. The van der Waals surface area contributed by atoms with Crippen LogP contribution in [0, 0.1) is 0 Å². The number of allylic oxidation sites excluding steroid dienone is 1. The lowest BCUT2D eigenvalue weighted by atomic mass is 10.0. The number of rotatable bonds is 8. The highest BCUT2D eigenvalue weighted by Crippen LogP contribution is 2.10. The SMILES string of the molecule is C=CCN=C(NC(C)CCCCC)NC1C=CCCC1. The van der Waals surface area contributed by atoms with E-state index in [0.717, 1.165) is 5.96 Å². The molecule has 0 aliphatic heterocycles. The molecule has 0 amide bonds. The summed E-state index contributed by atoms with van der Waals surface area (Å²) >= 11 is 0. The molecule has 0 aromatic rings.